The first kappa shape index (κ1) is 33.1. The van der Waals surface area contributed by atoms with Crippen molar-refractivity contribution in [2.45, 2.75) is 71.1 Å². The van der Waals surface area contributed by atoms with Gasteiger partial charge in [0.1, 0.15) is 5.75 Å². The zero-order chi connectivity index (χ0) is 30.9. The number of unbranched alkanes of at least 4 members (excludes halogenated alkanes) is 8. The quantitative estimate of drug-likeness (QED) is 0.0571. The van der Waals surface area contributed by atoms with Crippen LogP contribution < -0.4 is 25.0 Å². The lowest BCUT2D eigenvalue weighted by molar-refractivity contribution is -0.126. The molecule has 0 saturated carbocycles. The number of nitrogens with zero attached hydrogens (tertiary/aromatic N) is 1. The molecule has 0 heterocycles. The van der Waals surface area contributed by atoms with Crippen LogP contribution in [0.4, 0.5) is 0 Å². The molecular weight excluding hydrogens is 546 g/mol. The Balaban J connectivity index is 1.53. The Morgan fingerprint density at radius 1 is 0.767 bits per heavy atom. The molecule has 0 bridgehead atoms. The molecule has 2 N–H and O–H groups in total. The third-order valence-electron chi connectivity index (χ3n) is 7.09. The number of carbonyl (C=O) groups is 3. The first-order chi connectivity index (χ1) is 21.0. The van der Waals surface area contributed by atoms with E-state index in [2.05, 4.69) is 22.8 Å². The second-order valence-corrected chi connectivity index (χ2v) is 10.3. The van der Waals surface area contributed by atoms with Crippen LogP contribution in [0.2, 0.25) is 0 Å². The van der Waals surface area contributed by atoms with Crippen LogP contribution in [0.3, 0.4) is 0 Å². The van der Waals surface area contributed by atoms with Gasteiger partial charge in [0.15, 0.2) is 11.5 Å². The van der Waals surface area contributed by atoms with E-state index < -0.39 is 11.9 Å². The van der Waals surface area contributed by atoms with Crippen molar-refractivity contribution in [1.29, 1.82) is 0 Å². The number of ether oxygens (including phenoxy) is 3. The molecule has 0 aliphatic carbocycles. The predicted octanol–water partition coefficient (Wildman–Crippen LogP) is 6.56. The average molecular weight is 590 g/mol. The lowest BCUT2D eigenvalue weighted by atomic mass is 10.0. The molecule has 9 heteroatoms. The zero-order valence-corrected chi connectivity index (χ0v) is 25.4. The van der Waals surface area contributed by atoms with E-state index >= 15 is 0 Å². The van der Waals surface area contributed by atoms with Crippen LogP contribution in [-0.2, 0) is 9.59 Å². The van der Waals surface area contributed by atoms with Crippen LogP contribution >= 0.6 is 0 Å². The molecule has 43 heavy (non-hydrogen) atoms. The molecule has 3 aromatic rings. The summed E-state index contributed by atoms with van der Waals surface area (Å²) in [5, 5.41) is 8.42. The highest BCUT2D eigenvalue weighted by Crippen LogP contribution is 2.30. The van der Waals surface area contributed by atoms with E-state index in [1.54, 1.807) is 24.3 Å². The maximum absolute atomic E-state index is 13.0. The van der Waals surface area contributed by atoms with Crippen LogP contribution in [0.15, 0.2) is 59.7 Å². The maximum atomic E-state index is 13.0. The summed E-state index contributed by atoms with van der Waals surface area (Å²) in [6.07, 6.45) is 12.4. The van der Waals surface area contributed by atoms with Crippen molar-refractivity contribution in [3.8, 4) is 17.2 Å². The van der Waals surface area contributed by atoms with E-state index in [0.29, 0.717) is 23.5 Å². The Hall–Kier alpha value is -4.40. The summed E-state index contributed by atoms with van der Waals surface area (Å²) < 4.78 is 16.3. The molecule has 0 aliphatic rings. The third-order valence-corrected chi connectivity index (χ3v) is 7.09. The Kier molecular flexibility index (Phi) is 14.0. The van der Waals surface area contributed by atoms with Crippen LogP contribution in [0.25, 0.3) is 10.8 Å². The molecule has 9 nitrogen and oxygen atoms in total. The molecule has 3 aromatic carbocycles. The number of carbonyl (C=O) groups excluding carboxylic acids is 3. The van der Waals surface area contributed by atoms with Gasteiger partial charge in [0, 0.05) is 12.0 Å². The second kappa shape index (κ2) is 18.2. The minimum Gasteiger partial charge on any atom is -0.493 e. The number of nitrogens with one attached hydrogen (secondary N) is 2. The Morgan fingerprint density at radius 2 is 1.44 bits per heavy atom. The number of methoxy groups -OCH3 is 2. The van der Waals surface area contributed by atoms with Gasteiger partial charge in [-0.15, -0.1) is 0 Å². The maximum Gasteiger partial charge on any atom is 0.343 e. The van der Waals surface area contributed by atoms with Gasteiger partial charge in [0.05, 0.1) is 32.5 Å². The first-order valence-corrected chi connectivity index (χ1v) is 15.0. The molecule has 0 unspecified atom stereocenters. The zero-order valence-electron chi connectivity index (χ0n) is 25.4. The van der Waals surface area contributed by atoms with E-state index in [4.69, 9.17) is 14.2 Å². The number of amides is 2. The fourth-order valence-electron chi connectivity index (χ4n) is 4.69. The Labute approximate surface area is 254 Å². The van der Waals surface area contributed by atoms with Crippen molar-refractivity contribution in [2.24, 2.45) is 5.10 Å². The molecule has 230 valence electrons. The summed E-state index contributed by atoms with van der Waals surface area (Å²) in [6, 6.07) is 15.8. The van der Waals surface area contributed by atoms with Crippen LogP contribution in [0, 0.1) is 0 Å². The van der Waals surface area contributed by atoms with Crippen LogP contribution in [0.5, 0.6) is 17.2 Å². The monoisotopic (exact) mass is 589 g/mol. The summed E-state index contributed by atoms with van der Waals surface area (Å²) >= 11 is 0. The number of hydrazone groups is 1. The Morgan fingerprint density at radius 3 is 2.16 bits per heavy atom. The number of benzene rings is 3. The van der Waals surface area contributed by atoms with Gasteiger partial charge in [0.2, 0.25) is 5.91 Å². The third kappa shape index (κ3) is 10.7. The normalized spacial score (nSPS) is 11.0. The summed E-state index contributed by atoms with van der Waals surface area (Å²) in [7, 11) is 3.00. The summed E-state index contributed by atoms with van der Waals surface area (Å²) in [5.74, 6) is -0.0372. The van der Waals surface area contributed by atoms with Gasteiger partial charge in [0.25, 0.3) is 5.91 Å². The molecule has 0 spiro atoms. The minimum absolute atomic E-state index is 0.152. The standard InChI is InChI=1S/C34H43N3O6/c1-4-5-6-7-8-9-10-11-12-17-32(38)35-24-33(39)37-36-23-28-27-16-14-13-15-25(27)18-20-29(28)43-34(40)26-19-21-30(41-2)31(22-26)42-3/h13-16,18-23H,4-12,17,24H2,1-3H3,(H,35,38)(H,37,39)/b36-23+. The summed E-state index contributed by atoms with van der Waals surface area (Å²) in [5.41, 5.74) is 3.23. The van der Waals surface area contributed by atoms with Gasteiger partial charge in [-0.1, -0.05) is 88.6 Å². The molecule has 0 atom stereocenters. The Bertz CT molecular complexity index is 1390. The second-order valence-electron chi connectivity index (χ2n) is 10.3. The molecule has 0 saturated heterocycles. The molecule has 0 aliphatic heterocycles. The predicted molar refractivity (Wildman–Crippen MR) is 169 cm³/mol. The SMILES string of the molecule is CCCCCCCCCCCC(=O)NCC(=O)N/N=C/c1c(OC(=O)c2ccc(OC)c(OC)c2)ccc2ccccc12. The van der Waals surface area contributed by atoms with Gasteiger partial charge >= 0.3 is 5.97 Å². The molecule has 0 fully saturated rings. The van der Waals surface area contributed by atoms with E-state index in [1.807, 2.05) is 30.3 Å². The fourth-order valence-corrected chi connectivity index (χ4v) is 4.69. The van der Waals surface area contributed by atoms with Crippen molar-refractivity contribution in [1.82, 2.24) is 10.7 Å². The van der Waals surface area contributed by atoms with E-state index in [1.165, 1.54) is 59.0 Å². The van der Waals surface area contributed by atoms with Gasteiger partial charge in [-0.25, -0.2) is 10.2 Å². The molecule has 3 rings (SSSR count). The molecular formula is C34H43N3O6. The average Bonchev–Trinajstić information content (AvgIpc) is 3.03. The van der Waals surface area contributed by atoms with Gasteiger partial charge in [-0.05, 0) is 41.5 Å². The van der Waals surface area contributed by atoms with Crippen molar-refractivity contribution in [2.75, 3.05) is 20.8 Å². The van der Waals surface area contributed by atoms with Crippen molar-refractivity contribution in [3.63, 3.8) is 0 Å². The van der Waals surface area contributed by atoms with Crippen molar-refractivity contribution in [3.05, 3.63) is 65.7 Å². The van der Waals surface area contributed by atoms with E-state index in [0.717, 1.165) is 30.0 Å². The number of fused-ring (bicyclic) bond motifs is 1. The number of esters is 1. The summed E-state index contributed by atoms with van der Waals surface area (Å²) in [4.78, 5) is 37.5. The molecule has 0 aromatic heterocycles. The van der Waals surface area contributed by atoms with Gasteiger partial charge in [-0.2, -0.15) is 5.10 Å². The molecule has 0 radical (unpaired) electrons. The number of rotatable bonds is 18. The highest BCUT2D eigenvalue weighted by atomic mass is 16.5. The topological polar surface area (TPSA) is 115 Å². The largest absolute Gasteiger partial charge is 0.493 e. The van der Waals surface area contributed by atoms with Crippen LogP contribution in [-0.4, -0.2) is 44.8 Å². The van der Waals surface area contributed by atoms with Gasteiger partial charge < -0.3 is 19.5 Å². The van der Waals surface area contributed by atoms with Crippen molar-refractivity contribution >= 4 is 34.8 Å². The summed E-state index contributed by atoms with van der Waals surface area (Å²) in [6.45, 7) is 2.04. The van der Waals surface area contributed by atoms with Crippen LogP contribution in [0.1, 0.15) is 87.1 Å². The highest BCUT2D eigenvalue weighted by molar-refractivity contribution is 6.04. The number of hydrogen-bond acceptors (Lipinski definition) is 7. The highest BCUT2D eigenvalue weighted by Gasteiger charge is 2.16. The van der Waals surface area contributed by atoms with E-state index in [-0.39, 0.29) is 23.8 Å². The smallest absolute Gasteiger partial charge is 0.343 e. The lowest BCUT2D eigenvalue weighted by Gasteiger charge is -2.12. The first-order valence-electron chi connectivity index (χ1n) is 15.0. The number of hydrogen-bond donors (Lipinski definition) is 2. The minimum atomic E-state index is -0.593. The van der Waals surface area contributed by atoms with Crippen molar-refractivity contribution < 1.29 is 28.6 Å². The fraction of sp³-hybridized carbons (Fsp3) is 0.412. The van der Waals surface area contributed by atoms with Gasteiger partial charge in [-0.3, -0.25) is 9.59 Å². The lowest BCUT2D eigenvalue weighted by Crippen LogP contribution is -2.34. The molecule has 2 amide bonds. The van der Waals surface area contributed by atoms with E-state index in [9.17, 15) is 14.4 Å².